The molecule has 0 aromatic heterocycles. The molecule has 0 unspecified atom stereocenters. The summed E-state index contributed by atoms with van der Waals surface area (Å²) >= 11 is 0. The zero-order valence-electron chi connectivity index (χ0n) is 19.6. The van der Waals surface area contributed by atoms with Crippen LogP contribution in [0, 0.1) is 5.92 Å². The van der Waals surface area contributed by atoms with Gasteiger partial charge in [0, 0.05) is 37.1 Å². The summed E-state index contributed by atoms with van der Waals surface area (Å²) in [7, 11) is 0. The Hall–Kier alpha value is -3.02. The molecule has 1 saturated heterocycles. The van der Waals surface area contributed by atoms with E-state index >= 15 is 0 Å². The quantitative estimate of drug-likeness (QED) is 0.561. The highest BCUT2D eigenvalue weighted by molar-refractivity contribution is 6.02. The molecule has 3 amide bonds. The third kappa shape index (κ3) is 6.50. The van der Waals surface area contributed by atoms with Crippen molar-refractivity contribution in [2.24, 2.45) is 5.92 Å². The largest absolute Gasteiger partial charge is 0.371 e. The number of carbonyl (C=O) groups is 2. The second kappa shape index (κ2) is 11.2. The zero-order chi connectivity index (χ0) is 23.0. The fourth-order valence-electron chi connectivity index (χ4n) is 4.78. The van der Waals surface area contributed by atoms with Gasteiger partial charge in [0.05, 0.1) is 5.56 Å². The summed E-state index contributed by atoms with van der Waals surface area (Å²) in [5.41, 5.74) is 3.28. The van der Waals surface area contributed by atoms with Crippen molar-refractivity contribution in [1.82, 2.24) is 10.6 Å². The van der Waals surface area contributed by atoms with Gasteiger partial charge in [-0.25, -0.2) is 4.79 Å². The summed E-state index contributed by atoms with van der Waals surface area (Å²) in [6.07, 6.45) is 7.94. The standard InChI is InChI=1S/C27H36N4O2/c1-20-14-16-31(17-15-20)25-13-12-23(30-27(33)28-19-21-8-4-2-5-9-21)18-24(25)26(32)29-22-10-6-3-7-11-22/h2,4-5,8-9,12-13,18,20,22H,3,6-7,10-11,14-17,19H2,1H3,(H,29,32)(H2,28,30,33). The van der Waals surface area contributed by atoms with Crippen LogP contribution in [0.25, 0.3) is 0 Å². The predicted octanol–water partition coefficient (Wildman–Crippen LogP) is 5.31. The molecule has 1 aliphatic heterocycles. The molecule has 0 bridgehead atoms. The molecule has 0 atom stereocenters. The molecule has 33 heavy (non-hydrogen) atoms. The molecule has 0 spiro atoms. The lowest BCUT2D eigenvalue weighted by Gasteiger charge is -2.34. The molecule has 2 aromatic rings. The minimum Gasteiger partial charge on any atom is -0.371 e. The number of hydrogen-bond acceptors (Lipinski definition) is 3. The molecular weight excluding hydrogens is 412 g/mol. The van der Waals surface area contributed by atoms with Gasteiger partial charge in [0.25, 0.3) is 5.91 Å². The van der Waals surface area contributed by atoms with Crippen molar-refractivity contribution >= 4 is 23.3 Å². The number of carbonyl (C=O) groups excluding carboxylic acids is 2. The lowest BCUT2D eigenvalue weighted by Crippen LogP contribution is -2.38. The first kappa shape index (κ1) is 23.1. The van der Waals surface area contributed by atoms with Crippen LogP contribution in [0.5, 0.6) is 0 Å². The summed E-state index contributed by atoms with van der Waals surface area (Å²) in [5, 5.41) is 9.04. The highest BCUT2D eigenvalue weighted by atomic mass is 16.2. The van der Waals surface area contributed by atoms with Gasteiger partial charge in [-0.05, 0) is 55.4 Å². The highest BCUT2D eigenvalue weighted by Gasteiger charge is 2.24. The topological polar surface area (TPSA) is 73.5 Å². The average molecular weight is 449 g/mol. The maximum Gasteiger partial charge on any atom is 0.319 e. The van der Waals surface area contributed by atoms with Gasteiger partial charge in [0.1, 0.15) is 0 Å². The summed E-state index contributed by atoms with van der Waals surface area (Å²) < 4.78 is 0. The van der Waals surface area contributed by atoms with Crippen molar-refractivity contribution in [1.29, 1.82) is 0 Å². The van der Waals surface area contributed by atoms with Crippen LogP contribution in [0.3, 0.4) is 0 Å². The molecule has 176 valence electrons. The number of hydrogen-bond donors (Lipinski definition) is 3. The van der Waals surface area contributed by atoms with Crippen LogP contribution in [-0.4, -0.2) is 31.1 Å². The lowest BCUT2D eigenvalue weighted by molar-refractivity contribution is 0.0928. The van der Waals surface area contributed by atoms with Gasteiger partial charge in [-0.2, -0.15) is 0 Å². The van der Waals surface area contributed by atoms with E-state index in [9.17, 15) is 9.59 Å². The normalized spacial score (nSPS) is 17.4. The van der Waals surface area contributed by atoms with E-state index < -0.39 is 0 Å². The van der Waals surface area contributed by atoms with Crippen LogP contribution in [0.4, 0.5) is 16.2 Å². The van der Waals surface area contributed by atoms with E-state index in [-0.39, 0.29) is 18.0 Å². The first-order chi connectivity index (χ1) is 16.1. The van der Waals surface area contributed by atoms with Gasteiger partial charge < -0.3 is 20.9 Å². The molecule has 2 aliphatic rings. The number of benzene rings is 2. The Morgan fingerprint density at radius 2 is 1.67 bits per heavy atom. The van der Waals surface area contributed by atoms with Crippen molar-refractivity contribution in [3.63, 3.8) is 0 Å². The summed E-state index contributed by atoms with van der Waals surface area (Å²) in [6.45, 7) is 4.64. The van der Waals surface area contributed by atoms with Crippen LogP contribution in [0.15, 0.2) is 48.5 Å². The SMILES string of the molecule is CC1CCN(c2ccc(NC(=O)NCc3ccccc3)cc2C(=O)NC2CCCCC2)CC1. The molecule has 6 nitrogen and oxygen atoms in total. The van der Waals surface area contributed by atoms with Crippen LogP contribution in [-0.2, 0) is 6.54 Å². The van der Waals surface area contributed by atoms with Gasteiger partial charge in [-0.3, -0.25) is 4.79 Å². The fourth-order valence-corrected chi connectivity index (χ4v) is 4.78. The Kier molecular flexibility index (Phi) is 7.87. The molecule has 1 heterocycles. The van der Waals surface area contributed by atoms with Crippen LogP contribution < -0.4 is 20.9 Å². The summed E-state index contributed by atoms with van der Waals surface area (Å²) in [6, 6.07) is 15.5. The van der Waals surface area contributed by atoms with E-state index in [1.807, 2.05) is 48.5 Å². The number of rotatable bonds is 6. The Morgan fingerprint density at radius 1 is 0.939 bits per heavy atom. The first-order valence-corrected chi connectivity index (χ1v) is 12.4. The van der Waals surface area contributed by atoms with Gasteiger partial charge in [0.2, 0.25) is 0 Å². The van der Waals surface area contributed by atoms with Crippen molar-refractivity contribution in [2.75, 3.05) is 23.3 Å². The molecule has 2 aromatic carbocycles. The molecule has 1 aliphatic carbocycles. The minimum atomic E-state index is -0.281. The number of anilines is 2. The van der Waals surface area contributed by atoms with Crippen molar-refractivity contribution in [2.45, 2.75) is 64.5 Å². The predicted molar refractivity (Wildman–Crippen MR) is 134 cm³/mol. The summed E-state index contributed by atoms with van der Waals surface area (Å²) in [5.74, 6) is 0.680. The van der Waals surface area contributed by atoms with Crippen LogP contribution >= 0.6 is 0 Å². The van der Waals surface area contributed by atoms with E-state index in [1.165, 1.54) is 19.3 Å². The molecule has 4 rings (SSSR count). The van der Waals surface area contributed by atoms with Crippen LogP contribution in [0.2, 0.25) is 0 Å². The monoisotopic (exact) mass is 448 g/mol. The van der Waals surface area contributed by atoms with E-state index in [0.29, 0.717) is 17.8 Å². The van der Waals surface area contributed by atoms with Crippen LogP contribution in [0.1, 0.15) is 67.8 Å². The molecule has 1 saturated carbocycles. The smallest absolute Gasteiger partial charge is 0.319 e. The van der Waals surface area contributed by atoms with E-state index in [0.717, 1.165) is 55.9 Å². The van der Waals surface area contributed by atoms with Gasteiger partial charge >= 0.3 is 6.03 Å². The van der Waals surface area contributed by atoms with E-state index in [2.05, 4.69) is 27.8 Å². The van der Waals surface area contributed by atoms with E-state index in [1.54, 1.807) is 0 Å². The Labute approximate surface area is 197 Å². The third-order valence-corrected chi connectivity index (χ3v) is 6.86. The highest BCUT2D eigenvalue weighted by Crippen LogP contribution is 2.29. The molecule has 6 heteroatoms. The number of amides is 3. The zero-order valence-corrected chi connectivity index (χ0v) is 19.6. The lowest BCUT2D eigenvalue weighted by atomic mass is 9.95. The maximum atomic E-state index is 13.3. The first-order valence-electron chi connectivity index (χ1n) is 12.4. The van der Waals surface area contributed by atoms with E-state index in [4.69, 9.17) is 0 Å². The van der Waals surface area contributed by atoms with Gasteiger partial charge in [-0.1, -0.05) is 56.5 Å². The van der Waals surface area contributed by atoms with Crippen molar-refractivity contribution < 1.29 is 9.59 Å². The second-order valence-corrected chi connectivity index (χ2v) is 9.50. The molecular formula is C27H36N4O2. The van der Waals surface area contributed by atoms with Crippen molar-refractivity contribution in [3.8, 4) is 0 Å². The molecule has 2 fully saturated rings. The Morgan fingerprint density at radius 3 is 2.39 bits per heavy atom. The number of nitrogens with zero attached hydrogens (tertiary/aromatic N) is 1. The average Bonchev–Trinajstić information content (AvgIpc) is 2.84. The number of urea groups is 1. The molecule has 3 N–H and O–H groups in total. The Bertz CT molecular complexity index is 932. The van der Waals surface area contributed by atoms with Gasteiger partial charge in [-0.15, -0.1) is 0 Å². The second-order valence-electron chi connectivity index (χ2n) is 9.50. The molecule has 0 radical (unpaired) electrons. The van der Waals surface area contributed by atoms with Crippen molar-refractivity contribution in [3.05, 3.63) is 59.7 Å². The Balaban J connectivity index is 1.47. The van der Waals surface area contributed by atoms with Gasteiger partial charge in [0.15, 0.2) is 0 Å². The number of nitrogens with one attached hydrogen (secondary N) is 3. The minimum absolute atomic E-state index is 0.0381. The number of piperidine rings is 1. The summed E-state index contributed by atoms with van der Waals surface area (Å²) in [4.78, 5) is 28.1. The maximum absolute atomic E-state index is 13.3. The fraction of sp³-hybridized carbons (Fsp3) is 0.481. The third-order valence-electron chi connectivity index (χ3n) is 6.86.